The number of fused-ring (bicyclic) bond motifs is 6. The summed E-state index contributed by atoms with van der Waals surface area (Å²) >= 11 is 2.64. The highest BCUT2D eigenvalue weighted by Gasteiger charge is 2.63. The molecule has 8 rings (SSSR count). The molecule has 0 saturated heterocycles. The Morgan fingerprint density at radius 1 is 0.880 bits per heavy atom. The second-order valence-corrected chi connectivity index (χ2v) is 28.4. The Bertz CT molecular complexity index is 2900. The van der Waals surface area contributed by atoms with E-state index in [1.807, 2.05) is 34.6 Å². The number of thioether (sulfide) groups is 1. The van der Waals surface area contributed by atoms with E-state index in [0.717, 1.165) is 68.1 Å². The van der Waals surface area contributed by atoms with E-state index in [-0.39, 0.29) is 116 Å². The van der Waals surface area contributed by atoms with Crippen LogP contribution in [0.4, 0.5) is 4.79 Å². The molecule has 0 bridgehead atoms. The van der Waals surface area contributed by atoms with Crippen molar-refractivity contribution in [3.8, 4) is 5.75 Å². The molecule has 18 nitrogen and oxygen atoms in total. The molecule has 2 aromatic rings. The fourth-order valence-electron chi connectivity index (χ4n) is 15.5. The molecule has 456 valence electrons. The topological polar surface area (TPSA) is 265 Å². The number of nitrogens with one attached hydrogen (secondary N) is 2. The van der Waals surface area contributed by atoms with Gasteiger partial charge in [0.15, 0.2) is 11.8 Å². The molecule has 2 unspecified atom stereocenters. The Balaban J connectivity index is 0.791. The van der Waals surface area contributed by atoms with Gasteiger partial charge in [-0.25, -0.2) is 19.4 Å². The van der Waals surface area contributed by atoms with Crippen molar-refractivity contribution < 1.29 is 58.7 Å². The standard InChI is InChI=1S/C63H90N6O12S2/c1-35(42-17-18-43-54-44(22-24-63(42,43)8)62(7)23-21-40(70)30-39(62)31-49(54)71)15-20-52(73)65-47(58(76)77)13-10-11-25-64-51(72)14-12-26-69(28-27-68(9)53(74)33-61(5,6)45-29-36(2)37(3)55(75)38(45)4)60(80)81-41-16-19-46-50(32-41)83-57(66-46)56-67-48(34-82-56)59(78)79/h16,19,32,35,39-40,42-44,47-49,54,70-71H,10-15,17-18,20-31,33-34H2,1-9H3,(H,64,72)(H,65,73)(H,76,77)(H,78,79)/t35-,39+,40-,42-,43+,44+,47?,48?,49+,54+,62+,63-/m1/s1. The Kier molecular flexibility index (Phi) is 20.5. The molecule has 6 N–H and O–H groups in total. The predicted octanol–water partition coefficient (Wildman–Crippen LogP) is 9.59. The van der Waals surface area contributed by atoms with Crippen LogP contribution in [0.5, 0.6) is 5.75 Å². The van der Waals surface area contributed by atoms with Crippen molar-refractivity contribution >= 4 is 79.9 Å². The van der Waals surface area contributed by atoms with Crippen LogP contribution >= 0.6 is 23.1 Å². The number of amides is 4. The number of aliphatic carboxylic acids is 2. The van der Waals surface area contributed by atoms with E-state index in [9.17, 15) is 54.0 Å². The number of thiazole rings is 1. The van der Waals surface area contributed by atoms with E-state index in [1.54, 1.807) is 30.1 Å². The molecule has 4 saturated carbocycles. The third kappa shape index (κ3) is 14.4. The second kappa shape index (κ2) is 26.6. The van der Waals surface area contributed by atoms with Gasteiger partial charge in [-0.15, -0.1) is 23.1 Å². The fourth-order valence-corrected chi connectivity index (χ4v) is 17.6. The van der Waals surface area contributed by atoms with E-state index in [4.69, 9.17) is 4.74 Å². The quantitative estimate of drug-likeness (QED) is 0.0535. The lowest BCUT2D eigenvalue weighted by Gasteiger charge is -2.62. The number of Topliss-reactive ketones (excluding diaryl/α,β-unsaturated/α-hetero) is 1. The molecule has 2 heterocycles. The molecule has 6 aliphatic rings. The van der Waals surface area contributed by atoms with Crippen molar-refractivity contribution in [3.05, 3.63) is 45.5 Å². The fraction of sp³-hybridized carbons (Fsp3) is 0.698. The molecule has 4 amide bonds. The Morgan fingerprint density at radius 2 is 1.61 bits per heavy atom. The molecule has 4 fully saturated rings. The molecule has 0 radical (unpaired) electrons. The minimum Gasteiger partial charge on any atom is -0.480 e. The summed E-state index contributed by atoms with van der Waals surface area (Å²) < 4.78 is 6.61. The van der Waals surface area contributed by atoms with Crippen LogP contribution in [0.2, 0.25) is 0 Å². The van der Waals surface area contributed by atoms with E-state index < -0.39 is 35.5 Å². The lowest BCUT2D eigenvalue weighted by molar-refractivity contribution is -0.174. The van der Waals surface area contributed by atoms with Crippen molar-refractivity contribution in [2.45, 2.75) is 189 Å². The number of carbonyl (C=O) groups excluding carboxylic acids is 5. The summed E-state index contributed by atoms with van der Waals surface area (Å²) in [5.41, 5.74) is 3.60. The zero-order chi connectivity index (χ0) is 60.3. The van der Waals surface area contributed by atoms with Crippen molar-refractivity contribution in [1.82, 2.24) is 25.4 Å². The summed E-state index contributed by atoms with van der Waals surface area (Å²) in [4.78, 5) is 103. The number of ketones is 1. The van der Waals surface area contributed by atoms with Crippen LogP contribution in [-0.2, 0) is 28.8 Å². The van der Waals surface area contributed by atoms with Crippen LogP contribution in [-0.4, -0.2) is 145 Å². The van der Waals surface area contributed by atoms with Crippen LogP contribution in [0.3, 0.4) is 0 Å². The highest BCUT2D eigenvalue weighted by molar-refractivity contribution is 8.15. The summed E-state index contributed by atoms with van der Waals surface area (Å²) in [6.45, 7) is 17.3. The number of aliphatic hydroxyl groups is 2. The van der Waals surface area contributed by atoms with Crippen LogP contribution < -0.4 is 15.4 Å². The molecule has 12 atom stereocenters. The number of carbonyl (C=O) groups is 7. The minimum absolute atomic E-state index is 0.00321. The Morgan fingerprint density at radius 3 is 2.34 bits per heavy atom. The van der Waals surface area contributed by atoms with E-state index in [1.165, 1.54) is 28.0 Å². The molecular formula is C63H90N6O12S2. The molecule has 0 spiro atoms. The number of aromatic nitrogens is 1. The van der Waals surface area contributed by atoms with Gasteiger partial charge in [0.1, 0.15) is 21.8 Å². The number of rotatable bonds is 24. The van der Waals surface area contributed by atoms with Gasteiger partial charge in [0, 0.05) is 64.3 Å². The van der Waals surface area contributed by atoms with Gasteiger partial charge < -0.3 is 45.6 Å². The first kappa shape index (κ1) is 63.8. The molecule has 83 heavy (non-hydrogen) atoms. The first-order valence-electron chi connectivity index (χ1n) is 30.3. The third-order valence-corrected chi connectivity index (χ3v) is 22.9. The number of allylic oxidation sites excluding steroid dienone is 4. The number of aliphatic imine (C=N–C) groups is 1. The summed E-state index contributed by atoms with van der Waals surface area (Å²) in [5, 5.41) is 48.4. The molecule has 1 aliphatic heterocycles. The Labute approximate surface area is 497 Å². The van der Waals surface area contributed by atoms with E-state index >= 15 is 0 Å². The number of carboxylic acid groups (broad SMARTS) is 2. The third-order valence-electron chi connectivity index (χ3n) is 20.6. The highest BCUT2D eigenvalue weighted by Crippen LogP contribution is 2.68. The molecular weight excluding hydrogens is 1100 g/mol. The predicted molar refractivity (Wildman–Crippen MR) is 321 cm³/mol. The SMILES string of the molecule is CC1=C(C)C(=O)C(C)=C(C(C)(C)CC(=O)N(C)CCN(CCCC(=O)NCCCCC(NC(=O)CC[C@@H](C)[C@H]2CC[C@H]3[C@@H]4[C@@H](O)C[C@@H]5C[C@H](O)CC[C@]5(C)[C@H]4CC[C@]23C)C(=O)O)C(=O)Oc2ccc3nc(C4=NC(C(=O)O)CS4)sc3c2)C1. The lowest BCUT2D eigenvalue weighted by atomic mass is 9.43. The average Bonchev–Trinajstić information content (AvgIpc) is 1.89. The lowest BCUT2D eigenvalue weighted by Crippen LogP contribution is -2.58. The summed E-state index contributed by atoms with van der Waals surface area (Å²) in [6, 6.07) is 3.12. The minimum atomic E-state index is -1.10. The summed E-state index contributed by atoms with van der Waals surface area (Å²) in [7, 11) is 1.67. The van der Waals surface area contributed by atoms with Crippen LogP contribution in [0.15, 0.2) is 45.5 Å². The number of carboxylic acids is 2. The van der Waals surface area contributed by atoms with Gasteiger partial charge in [-0.1, -0.05) is 45.8 Å². The molecule has 5 aliphatic carbocycles. The number of likely N-dealkylation sites (N-methyl/N-ethyl adjacent to an activating group) is 1. The van der Waals surface area contributed by atoms with Gasteiger partial charge >= 0.3 is 18.0 Å². The van der Waals surface area contributed by atoms with Gasteiger partial charge in [-0.2, -0.15) is 0 Å². The van der Waals surface area contributed by atoms with Crippen LogP contribution in [0.1, 0.15) is 170 Å². The monoisotopic (exact) mass is 1190 g/mol. The van der Waals surface area contributed by atoms with Crippen LogP contribution in [0, 0.1) is 51.8 Å². The first-order chi connectivity index (χ1) is 39.2. The number of benzene rings is 1. The largest absolute Gasteiger partial charge is 0.480 e. The van der Waals surface area contributed by atoms with Crippen LogP contribution in [0.25, 0.3) is 10.2 Å². The van der Waals surface area contributed by atoms with Gasteiger partial charge in [-0.05, 0) is 186 Å². The number of aliphatic hydroxyl groups excluding tert-OH is 2. The molecule has 1 aromatic heterocycles. The maximum absolute atomic E-state index is 14.0. The molecule has 20 heteroatoms. The highest BCUT2D eigenvalue weighted by atomic mass is 32.2. The smallest absolute Gasteiger partial charge is 0.415 e. The van der Waals surface area contributed by atoms with Gasteiger partial charge in [0.2, 0.25) is 17.7 Å². The number of unbranched alkanes of at least 4 members (excludes halogenated alkanes) is 1. The zero-order valence-electron chi connectivity index (χ0n) is 50.2. The zero-order valence-corrected chi connectivity index (χ0v) is 51.9. The number of nitrogens with zero attached hydrogens (tertiary/aromatic N) is 4. The maximum atomic E-state index is 14.0. The van der Waals surface area contributed by atoms with E-state index in [2.05, 4.69) is 41.4 Å². The number of hydrogen-bond donors (Lipinski definition) is 6. The normalized spacial score (nSPS) is 28.6. The van der Waals surface area contributed by atoms with Gasteiger partial charge in [0.05, 0.1) is 22.4 Å². The Hall–Kier alpha value is -5.18. The molecule has 1 aromatic carbocycles. The van der Waals surface area contributed by atoms with Crippen molar-refractivity contribution in [1.29, 1.82) is 0 Å². The van der Waals surface area contributed by atoms with Gasteiger partial charge in [-0.3, -0.25) is 24.2 Å². The number of hydrogen-bond acceptors (Lipinski definition) is 14. The van der Waals surface area contributed by atoms with E-state index in [0.29, 0.717) is 87.5 Å². The van der Waals surface area contributed by atoms with Gasteiger partial charge in [0.25, 0.3) is 0 Å². The second-order valence-electron chi connectivity index (χ2n) is 26.4. The summed E-state index contributed by atoms with van der Waals surface area (Å²) in [6.07, 6.45) is 9.62. The van der Waals surface area contributed by atoms with Crippen molar-refractivity contribution in [3.63, 3.8) is 0 Å². The van der Waals surface area contributed by atoms with Crippen molar-refractivity contribution in [2.24, 2.45) is 56.7 Å². The first-order valence-corrected chi connectivity index (χ1v) is 32.1. The maximum Gasteiger partial charge on any atom is 0.415 e. The summed E-state index contributed by atoms with van der Waals surface area (Å²) in [5.74, 6) is -0.0245. The average molecular weight is 1190 g/mol. The van der Waals surface area contributed by atoms with Crippen molar-refractivity contribution in [2.75, 3.05) is 39.0 Å². The number of ether oxygens (including phenoxy) is 1.